The van der Waals surface area contributed by atoms with Gasteiger partial charge in [-0.3, -0.25) is 4.79 Å². The van der Waals surface area contributed by atoms with E-state index in [4.69, 9.17) is 4.74 Å². The van der Waals surface area contributed by atoms with Crippen LogP contribution in [0.25, 0.3) is 0 Å². The molecular weight excluding hydrogens is 215 g/mol. The third-order valence-electron chi connectivity index (χ3n) is 1.98. The second kappa shape index (κ2) is 4.47. The van der Waals surface area contributed by atoms with Crippen LogP contribution in [-0.4, -0.2) is 27.1 Å². The monoisotopic (exact) mass is 222 g/mol. The quantitative estimate of drug-likeness (QED) is 0.766. The number of H-pyrrole nitrogens is 1. The molecule has 1 N–H and O–H groups in total. The number of benzene rings is 1. The van der Waals surface area contributed by atoms with Crippen LogP contribution >= 0.6 is 0 Å². The van der Waals surface area contributed by atoms with Gasteiger partial charge in [-0.1, -0.05) is 23.4 Å². The number of hydrogen-bond donors (Lipinski definition) is 1. The standard InChI is InChI=1S/C9H7FN4O2/c10-7-4-2-1-3-6(7)8(16-5-15)9-11-13-14-12-9/h1-5,8H,(H,11,12,13,14). The molecule has 7 heteroatoms. The number of nitrogens with zero attached hydrogens (tertiary/aromatic N) is 3. The van der Waals surface area contributed by atoms with Gasteiger partial charge >= 0.3 is 0 Å². The Balaban J connectivity index is 2.40. The number of ether oxygens (including phenoxy) is 1. The van der Waals surface area contributed by atoms with E-state index >= 15 is 0 Å². The maximum atomic E-state index is 13.5. The van der Waals surface area contributed by atoms with Crippen LogP contribution in [0, 0.1) is 5.82 Å². The summed E-state index contributed by atoms with van der Waals surface area (Å²) in [7, 11) is 0. The molecule has 0 saturated carbocycles. The first-order valence-electron chi connectivity index (χ1n) is 4.40. The minimum absolute atomic E-state index is 0.0946. The molecule has 2 aromatic rings. The van der Waals surface area contributed by atoms with Crippen LogP contribution in [0.1, 0.15) is 17.5 Å². The highest BCUT2D eigenvalue weighted by molar-refractivity contribution is 5.40. The molecule has 2 rings (SSSR count). The molecule has 1 aromatic carbocycles. The molecule has 0 aliphatic carbocycles. The summed E-state index contributed by atoms with van der Waals surface area (Å²) in [6, 6.07) is 5.91. The van der Waals surface area contributed by atoms with E-state index in [0.717, 1.165) is 0 Å². The topological polar surface area (TPSA) is 80.8 Å². The number of aromatic nitrogens is 4. The lowest BCUT2D eigenvalue weighted by Gasteiger charge is -2.11. The highest BCUT2D eigenvalue weighted by Gasteiger charge is 2.22. The Bertz CT molecular complexity index is 474. The largest absolute Gasteiger partial charge is 0.451 e. The van der Waals surface area contributed by atoms with E-state index in [1.165, 1.54) is 18.2 Å². The smallest absolute Gasteiger partial charge is 0.294 e. The highest BCUT2D eigenvalue weighted by Crippen LogP contribution is 2.23. The molecule has 1 heterocycles. The van der Waals surface area contributed by atoms with Gasteiger partial charge < -0.3 is 4.74 Å². The van der Waals surface area contributed by atoms with Crippen molar-refractivity contribution in [1.82, 2.24) is 20.6 Å². The van der Waals surface area contributed by atoms with Crippen molar-refractivity contribution in [3.63, 3.8) is 0 Å². The summed E-state index contributed by atoms with van der Waals surface area (Å²) in [6.07, 6.45) is -0.988. The zero-order valence-corrected chi connectivity index (χ0v) is 8.00. The molecule has 16 heavy (non-hydrogen) atoms. The van der Waals surface area contributed by atoms with Gasteiger partial charge in [-0.25, -0.2) is 4.39 Å². The zero-order chi connectivity index (χ0) is 11.4. The van der Waals surface area contributed by atoms with Crippen LogP contribution in [0.5, 0.6) is 0 Å². The van der Waals surface area contributed by atoms with Crippen molar-refractivity contribution in [1.29, 1.82) is 0 Å². The molecule has 0 fully saturated rings. The molecule has 0 amide bonds. The van der Waals surface area contributed by atoms with Gasteiger partial charge in [0.1, 0.15) is 5.82 Å². The van der Waals surface area contributed by atoms with Gasteiger partial charge in [-0.05, 0) is 6.07 Å². The maximum Gasteiger partial charge on any atom is 0.294 e. The summed E-state index contributed by atoms with van der Waals surface area (Å²) in [5, 5.41) is 12.8. The fourth-order valence-corrected chi connectivity index (χ4v) is 1.30. The van der Waals surface area contributed by atoms with Crippen LogP contribution < -0.4 is 0 Å². The molecular formula is C9H7FN4O2. The minimum Gasteiger partial charge on any atom is -0.451 e. The number of rotatable bonds is 4. The van der Waals surface area contributed by atoms with Crippen LogP contribution in [0.4, 0.5) is 4.39 Å². The van der Waals surface area contributed by atoms with Crippen molar-refractivity contribution in [3.05, 3.63) is 41.5 Å². The molecule has 0 aliphatic heterocycles. The molecule has 1 unspecified atom stereocenters. The second-order valence-electron chi connectivity index (χ2n) is 2.90. The van der Waals surface area contributed by atoms with E-state index in [9.17, 15) is 9.18 Å². The Hall–Kier alpha value is -2.31. The Morgan fingerprint density at radius 2 is 2.25 bits per heavy atom. The van der Waals surface area contributed by atoms with E-state index in [-0.39, 0.29) is 17.9 Å². The summed E-state index contributed by atoms with van der Waals surface area (Å²) in [5.41, 5.74) is 0.177. The van der Waals surface area contributed by atoms with Crippen molar-refractivity contribution in [2.75, 3.05) is 0 Å². The molecule has 1 aromatic heterocycles. The zero-order valence-electron chi connectivity index (χ0n) is 8.00. The summed E-state index contributed by atoms with van der Waals surface area (Å²) in [6.45, 7) is 0.216. The summed E-state index contributed by atoms with van der Waals surface area (Å²) in [5.74, 6) is -0.406. The fraction of sp³-hybridized carbons (Fsp3) is 0.111. The third-order valence-corrected chi connectivity index (χ3v) is 1.98. The first kappa shape index (κ1) is 10.2. The highest BCUT2D eigenvalue weighted by atomic mass is 19.1. The van der Waals surface area contributed by atoms with E-state index in [1.807, 2.05) is 0 Å². The van der Waals surface area contributed by atoms with Gasteiger partial charge in [-0.2, -0.15) is 5.21 Å². The molecule has 6 nitrogen and oxygen atoms in total. The fourth-order valence-electron chi connectivity index (χ4n) is 1.30. The number of hydrogen-bond acceptors (Lipinski definition) is 5. The van der Waals surface area contributed by atoms with Gasteiger partial charge in [0.2, 0.25) is 5.82 Å². The van der Waals surface area contributed by atoms with Crippen molar-refractivity contribution in [2.45, 2.75) is 6.10 Å². The predicted octanol–water partition coefficient (Wildman–Crippen LogP) is 0.601. The lowest BCUT2D eigenvalue weighted by Crippen LogP contribution is -2.09. The van der Waals surface area contributed by atoms with Crippen molar-refractivity contribution < 1.29 is 13.9 Å². The van der Waals surface area contributed by atoms with Crippen molar-refractivity contribution in [2.24, 2.45) is 0 Å². The van der Waals surface area contributed by atoms with E-state index < -0.39 is 11.9 Å². The van der Waals surface area contributed by atoms with Gasteiger partial charge in [0, 0.05) is 5.56 Å². The average Bonchev–Trinajstić information content (AvgIpc) is 2.80. The first-order valence-corrected chi connectivity index (χ1v) is 4.40. The Morgan fingerprint density at radius 1 is 1.44 bits per heavy atom. The molecule has 0 radical (unpaired) electrons. The number of halogens is 1. The molecule has 82 valence electrons. The maximum absolute atomic E-state index is 13.5. The third kappa shape index (κ3) is 1.88. The average molecular weight is 222 g/mol. The van der Waals surface area contributed by atoms with Crippen molar-refractivity contribution >= 4 is 6.47 Å². The Kier molecular flexibility index (Phi) is 2.86. The van der Waals surface area contributed by atoms with Crippen LogP contribution in [-0.2, 0) is 9.53 Å². The number of aromatic amines is 1. The lowest BCUT2D eigenvalue weighted by atomic mass is 10.1. The predicted molar refractivity (Wildman–Crippen MR) is 49.6 cm³/mol. The van der Waals surface area contributed by atoms with Crippen LogP contribution in [0.2, 0.25) is 0 Å². The van der Waals surface area contributed by atoms with Crippen LogP contribution in [0.3, 0.4) is 0 Å². The Labute approximate surface area is 89.4 Å². The number of nitrogens with one attached hydrogen (secondary N) is 1. The minimum atomic E-state index is -0.988. The van der Waals surface area contributed by atoms with Gasteiger partial charge in [-0.15, -0.1) is 10.2 Å². The SMILES string of the molecule is O=COC(c1nn[nH]n1)c1ccccc1F. The van der Waals surface area contributed by atoms with Gasteiger partial charge in [0.05, 0.1) is 0 Å². The summed E-state index contributed by atoms with van der Waals surface area (Å²) < 4.78 is 18.2. The van der Waals surface area contributed by atoms with E-state index in [1.54, 1.807) is 6.07 Å². The molecule has 1 atom stereocenters. The second-order valence-corrected chi connectivity index (χ2v) is 2.90. The normalized spacial score (nSPS) is 12.1. The van der Waals surface area contributed by atoms with Gasteiger partial charge in [0.15, 0.2) is 6.10 Å². The number of carbonyl (C=O) groups excluding carboxylic acids is 1. The Morgan fingerprint density at radius 3 is 2.88 bits per heavy atom. The molecule has 0 aliphatic rings. The molecule has 0 spiro atoms. The van der Waals surface area contributed by atoms with E-state index in [0.29, 0.717) is 0 Å². The molecule has 0 saturated heterocycles. The number of carbonyl (C=O) groups is 1. The first-order chi connectivity index (χ1) is 7.83. The summed E-state index contributed by atoms with van der Waals surface area (Å²) >= 11 is 0. The summed E-state index contributed by atoms with van der Waals surface area (Å²) in [4.78, 5) is 10.4. The van der Waals surface area contributed by atoms with E-state index in [2.05, 4.69) is 20.6 Å². The molecule has 0 bridgehead atoms. The number of tetrazole rings is 1. The van der Waals surface area contributed by atoms with Gasteiger partial charge in [0.25, 0.3) is 6.47 Å². The van der Waals surface area contributed by atoms with Crippen molar-refractivity contribution in [3.8, 4) is 0 Å². The van der Waals surface area contributed by atoms with Crippen LogP contribution in [0.15, 0.2) is 24.3 Å². The lowest BCUT2D eigenvalue weighted by molar-refractivity contribution is -0.132.